The number of aromatic nitrogens is 2. The molecule has 2 rings (SSSR count). The third-order valence-corrected chi connectivity index (χ3v) is 3.26. The molecule has 2 aromatic heterocycles. The molecule has 0 spiro atoms. The Morgan fingerprint density at radius 2 is 2.18 bits per heavy atom. The molecule has 0 atom stereocenters. The summed E-state index contributed by atoms with van der Waals surface area (Å²) >= 11 is 0. The lowest BCUT2D eigenvalue weighted by molar-refractivity contribution is 0.423. The largest absolute Gasteiger partial charge is 0.363 e. The Bertz CT molecular complexity index is 595. The van der Waals surface area contributed by atoms with Crippen LogP contribution in [0.2, 0.25) is 0 Å². The fourth-order valence-electron chi connectivity index (χ4n) is 1.17. The van der Waals surface area contributed by atoms with E-state index in [2.05, 4.69) is 24.8 Å². The van der Waals surface area contributed by atoms with Gasteiger partial charge in [0.1, 0.15) is 11.2 Å². The highest BCUT2D eigenvalue weighted by atomic mass is 32.2. The molecule has 8 nitrogen and oxygen atoms in total. The first-order valence-electron chi connectivity index (χ1n) is 4.48. The maximum absolute atomic E-state index is 12.0. The summed E-state index contributed by atoms with van der Waals surface area (Å²) in [6.07, 6.45) is 2.67. The average molecular weight is 255 g/mol. The summed E-state index contributed by atoms with van der Waals surface area (Å²) in [4.78, 5) is 3.72. The number of nitrogens with one attached hydrogen (secondary N) is 2. The second-order valence-corrected chi connectivity index (χ2v) is 4.64. The summed E-state index contributed by atoms with van der Waals surface area (Å²) in [7, 11) is -3.80. The number of sulfonamides is 1. The zero-order chi connectivity index (χ0) is 12.3. The third kappa shape index (κ3) is 2.34. The van der Waals surface area contributed by atoms with E-state index in [1.807, 2.05) is 0 Å². The average Bonchev–Trinajstić information content (AvgIpc) is 2.81. The molecule has 0 saturated carbocycles. The lowest BCUT2D eigenvalue weighted by Crippen LogP contribution is -2.18. The van der Waals surface area contributed by atoms with E-state index in [1.165, 1.54) is 30.7 Å². The molecular formula is C8H9N5O3S. The summed E-state index contributed by atoms with van der Waals surface area (Å²) in [6, 6.07) is 4.23. The van der Waals surface area contributed by atoms with E-state index in [9.17, 15) is 8.42 Å². The predicted octanol–water partition coefficient (Wildman–Crippen LogP) is 0.156. The van der Waals surface area contributed by atoms with Crippen LogP contribution < -0.4 is 16.0 Å². The lowest BCUT2D eigenvalue weighted by Gasteiger charge is -2.08. The van der Waals surface area contributed by atoms with Crippen LogP contribution in [0, 0.1) is 0 Å². The van der Waals surface area contributed by atoms with Crippen LogP contribution in [-0.2, 0) is 10.0 Å². The van der Waals surface area contributed by atoms with Gasteiger partial charge in [0.15, 0.2) is 11.6 Å². The molecule has 0 amide bonds. The van der Waals surface area contributed by atoms with Gasteiger partial charge in [-0.3, -0.25) is 4.72 Å². The maximum Gasteiger partial charge on any atom is 0.266 e. The van der Waals surface area contributed by atoms with Gasteiger partial charge < -0.3 is 9.95 Å². The minimum absolute atomic E-state index is 0.0449. The second kappa shape index (κ2) is 4.39. The van der Waals surface area contributed by atoms with Gasteiger partial charge in [0, 0.05) is 12.3 Å². The Morgan fingerprint density at radius 1 is 1.35 bits per heavy atom. The summed E-state index contributed by atoms with van der Waals surface area (Å²) < 4.78 is 30.6. The van der Waals surface area contributed by atoms with Crippen molar-refractivity contribution < 1.29 is 12.9 Å². The fourth-order valence-corrected chi connectivity index (χ4v) is 2.29. The molecule has 0 bridgehead atoms. The smallest absolute Gasteiger partial charge is 0.266 e. The van der Waals surface area contributed by atoms with Gasteiger partial charge in [-0.2, -0.15) is 0 Å². The molecule has 0 unspecified atom stereocenters. The predicted molar refractivity (Wildman–Crippen MR) is 59.4 cm³/mol. The van der Waals surface area contributed by atoms with E-state index in [4.69, 9.17) is 5.84 Å². The number of hydrazine groups is 1. The molecule has 90 valence electrons. The number of pyridine rings is 1. The topological polar surface area (TPSA) is 123 Å². The molecular weight excluding hydrogens is 246 g/mol. The van der Waals surface area contributed by atoms with Crippen molar-refractivity contribution >= 4 is 21.7 Å². The normalized spacial score (nSPS) is 11.1. The van der Waals surface area contributed by atoms with E-state index in [-0.39, 0.29) is 16.5 Å². The number of anilines is 2. The lowest BCUT2D eigenvalue weighted by atomic mass is 10.5. The summed E-state index contributed by atoms with van der Waals surface area (Å²) in [6.45, 7) is 0. The summed E-state index contributed by atoms with van der Waals surface area (Å²) in [5, 5.41) is 3.45. The molecule has 0 fully saturated rings. The molecule has 17 heavy (non-hydrogen) atoms. The van der Waals surface area contributed by atoms with Crippen LogP contribution >= 0.6 is 0 Å². The van der Waals surface area contributed by atoms with Crippen LogP contribution in [0.15, 0.2) is 40.1 Å². The van der Waals surface area contributed by atoms with Crippen LogP contribution in [-0.4, -0.2) is 18.6 Å². The van der Waals surface area contributed by atoms with Crippen molar-refractivity contribution in [3.63, 3.8) is 0 Å². The highest BCUT2D eigenvalue weighted by molar-refractivity contribution is 7.92. The van der Waals surface area contributed by atoms with Crippen LogP contribution in [0.5, 0.6) is 0 Å². The summed E-state index contributed by atoms with van der Waals surface area (Å²) in [5.41, 5.74) is 2.21. The Labute approximate surface area is 96.8 Å². The number of rotatable bonds is 4. The van der Waals surface area contributed by atoms with Crippen molar-refractivity contribution in [3.8, 4) is 0 Å². The Morgan fingerprint density at radius 3 is 2.82 bits per heavy atom. The Kier molecular flexibility index (Phi) is 2.93. The fraction of sp³-hybridized carbons (Fsp3) is 0. The monoisotopic (exact) mass is 255 g/mol. The van der Waals surface area contributed by atoms with Gasteiger partial charge in [-0.25, -0.2) is 19.2 Å². The van der Waals surface area contributed by atoms with Crippen LogP contribution in [0.1, 0.15) is 0 Å². The molecule has 2 heterocycles. The van der Waals surface area contributed by atoms with Crippen molar-refractivity contribution in [3.05, 3.63) is 30.7 Å². The molecule has 0 radical (unpaired) electrons. The van der Waals surface area contributed by atoms with Gasteiger partial charge in [0.05, 0.1) is 0 Å². The van der Waals surface area contributed by atoms with Gasteiger partial charge in [-0.15, -0.1) is 0 Å². The zero-order valence-corrected chi connectivity index (χ0v) is 9.31. The van der Waals surface area contributed by atoms with Gasteiger partial charge in [-0.05, 0) is 12.1 Å². The molecule has 0 saturated heterocycles. The van der Waals surface area contributed by atoms with Crippen molar-refractivity contribution in [1.82, 2.24) is 10.1 Å². The SMILES string of the molecule is NNc1ncccc1S(=O)(=O)Nc1ccon1. The molecule has 9 heteroatoms. The van der Waals surface area contributed by atoms with E-state index in [1.54, 1.807) is 0 Å². The van der Waals surface area contributed by atoms with Crippen molar-refractivity contribution in [2.45, 2.75) is 4.90 Å². The van der Waals surface area contributed by atoms with Gasteiger partial charge in [0.2, 0.25) is 0 Å². The second-order valence-electron chi connectivity index (χ2n) is 2.98. The van der Waals surface area contributed by atoms with E-state index in [0.29, 0.717) is 0 Å². The zero-order valence-electron chi connectivity index (χ0n) is 8.49. The van der Waals surface area contributed by atoms with Crippen LogP contribution in [0.4, 0.5) is 11.6 Å². The first kappa shape index (κ1) is 11.4. The van der Waals surface area contributed by atoms with E-state index in [0.717, 1.165) is 0 Å². The molecule has 0 aliphatic carbocycles. The van der Waals surface area contributed by atoms with Crippen molar-refractivity contribution in [2.75, 3.05) is 10.1 Å². The number of nitrogen functional groups attached to an aromatic ring is 1. The first-order valence-corrected chi connectivity index (χ1v) is 5.96. The third-order valence-electron chi connectivity index (χ3n) is 1.87. The minimum atomic E-state index is -3.80. The minimum Gasteiger partial charge on any atom is -0.363 e. The Hall–Kier alpha value is -2.13. The Balaban J connectivity index is 2.38. The first-order chi connectivity index (χ1) is 8.13. The van der Waals surface area contributed by atoms with Crippen molar-refractivity contribution in [2.24, 2.45) is 5.84 Å². The van der Waals surface area contributed by atoms with Gasteiger partial charge >= 0.3 is 0 Å². The molecule has 0 aromatic carbocycles. The highest BCUT2D eigenvalue weighted by Gasteiger charge is 2.19. The molecule has 4 N–H and O–H groups in total. The number of nitrogens with two attached hydrogens (primary N) is 1. The molecule has 2 aromatic rings. The van der Waals surface area contributed by atoms with Crippen molar-refractivity contribution in [1.29, 1.82) is 0 Å². The highest BCUT2D eigenvalue weighted by Crippen LogP contribution is 2.19. The quantitative estimate of drug-likeness (QED) is 0.525. The van der Waals surface area contributed by atoms with E-state index >= 15 is 0 Å². The summed E-state index contributed by atoms with van der Waals surface area (Å²) in [5.74, 6) is 5.31. The molecule has 0 aliphatic rings. The van der Waals surface area contributed by atoms with Crippen LogP contribution in [0.25, 0.3) is 0 Å². The standard InChI is InChI=1S/C8H9N5O3S/c9-11-8-6(2-1-4-10-8)17(14,15)13-7-3-5-16-12-7/h1-5H,9H2,(H,10,11)(H,12,13). The van der Waals surface area contributed by atoms with Gasteiger partial charge in [0.25, 0.3) is 10.0 Å². The maximum atomic E-state index is 12.0. The number of hydrogen-bond donors (Lipinski definition) is 3. The van der Waals surface area contributed by atoms with Gasteiger partial charge in [-0.1, -0.05) is 5.16 Å². The van der Waals surface area contributed by atoms with E-state index < -0.39 is 10.0 Å². The number of nitrogens with zero attached hydrogens (tertiary/aromatic N) is 2. The number of hydrogen-bond acceptors (Lipinski definition) is 7. The molecule has 0 aliphatic heterocycles. The van der Waals surface area contributed by atoms with Crippen LogP contribution in [0.3, 0.4) is 0 Å².